The summed E-state index contributed by atoms with van der Waals surface area (Å²) >= 11 is 0. The van der Waals surface area contributed by atoms with E-state index in [9.17, 15) is 9.59 Å². The van der Waals surface area contributed by atoms with Crippen LogP contribution in [-0.2, 0) is 16.0 Å². The van der Waals surface area contributed by atoms with E-state index in [1.807, 2.05) is 18.2 Å². The molecule has 1 aromatic rings. The molecule has 6 heteroatoms. The van der Waals surface area contributed by atoms with Crippen LogP contribution in [0.3, 0.4) is 0 Å². The Morgan fingerprint density at radius 3 is 2.79 bits per heavy atom. The Balaban J connectivity index is 0.00000208. The molecule has 0 aromatic heterocycles. The molecule has 1 saturated heterocycles. The van der Waals surface area contributed by atoms with E-state index in [1.54, 1.807) is 0 Å². The van der Waals surface area contributed by atoms with E-state index in [1.165, 1.54) is 0 Å². The highest BCUT2D eigenvalue weighted by Crippen LogP contribution is 2.27. The molecule has 2 aliphatic heterocycles. The Labute approximate surface area is 149 Å². The van der Waals surface area contributed by atoms with Gasteiger partial charge in [0, 0.05) is 24.2 Å². The van der Waals surface area contributed by atoms with Gasteiger partial charge in [0.1, 0.15) is 0 Å². The van der Waals surface area contributed by atoms with Crippen LogP contribution in [0, 0.1) is 11.8 Å². The molecule has 1 unspecified atom stereocenters. The predicted molar refractivity (Wildman–Crippen MR) is 98.6 cm³/mol. The number of aryl methyl sites for hydroxylation is 1. The summed E-state index contributed by atoms with van der Waals surface area (Å²) in [7, 11) is 0. The fourth-order valence-corrected chi connectivity index (χ4v) is 3.55. The zero-order valence-electron chi connectivity index (χ0n) is 14.1. The maximum atomic E-state index is 12.3. The summed E-state index contributed by atoms with van der Waals surface area (Å²) in [4.78, 5) is 23.7. The van der Waals surface area contributed by atoms with Gasteiger partial charge in [0.25, 0.3) is 0 Å². The van der Waals surface area contributed by atoms with Crippen molar-refractivity contribution in [3.05, 3.63) is 23.8 Å². The number of piperidine rings is 1. The topological polar surface area (TPSA) is 70.2 Å². The van der Waals surface area contributed by atoms with Crippen molar-refractivity contribution in [1.82, 2.24) is 5.32 Å². The van der Waals surface area contributed by atoms with Crippen LogP contribution in [-0.4, -0.2) is 24.9 Å². The first-order chi connectivity index (χ1) is 11.1. The summed E-state index contributed by atoms with van der Waals surface area (Å²) < 4.78 is 0. The first-order valence-corrected chi connectivity index (χ1v) is 8.55. The van der Waals surface area contributed by atoms with E-state index < -0.39 is 0 Å². The Morgan fingerprint density at radius 1 is 1.29 bits per heavy atom. The molecule has 5 nitrogen and oxygen atoms in total. The fraction of sp³-hybridized carbons (Fsp3) is 0.556. The first kappa shape index (κ1) is 18.7. The standard InChI is InChI=1S/C18H25N3O2.ClH/c1-12(13-6-8-19-9-7-13)10-18(23)20-15-3-4-16-14(11-15)2-5-17(22)21-16;/h3-4,11-13,19H,2,5-10H2,1H3,(H,20,23)(H,21,22);1H. The average molecular weight is 352 g/mol. The Hall–Kier alpha value is -1.59. The number of benzene rings is 1. The Kier molecular flexibility index (Phi) is 6.63. The van der Waals surface area contributed by atoms with E-state index in [4.69, 9.17) is 0 Å². The minimum Gasteiger partial charge on any atom is -0.326 e. The minimum atomic E-state index is 0. The number of fused-ring (bicyclic) bond motifs is 1. The molecule has 0 bridgehead atoms. The van der Waals surface area contributed by atoms with Crippen LogP contribution in [0.5, 0.6) is 0 Å². The summed E-state index contributed by atoms with van der Waals surface area (Å²) in [5.41, 5.74) is 2.78. The molecule has 2 heterocycles. The molecular weight excluding hydrogens is 326 g/mol. The third-order valence-electron chi connectivity index (χ3n) is 4.98. The van der Waals surface area contributed by atoms with E-state index in [2.05, 4.69) is 22.9 Å². The second kappa shape index (κ2) is 8.49. The lowest BCUT2D eigenvalue weighted by molar-refractivity contribution is -0.117. The summed E-state index contributed by atoms with van der Waals surface area (Å²) in [6.07, 6.45) is 4.13. The predicted octanol–water partition coefficient (Wildman–Crippen LogP) is 2.96. The van der Waals surface area contributed by atoms with Gasteiger partial charge in [0.05, 0.1) is 0 Å². The van der Waals surface area contributed by atoms with Crippen LogP contribution >= 0.6 is 12.4 Å². The van der Waals surface area contributed by atoms with Gasteiger partial charge in [-0.25, -0.2) is 0 Å². The van der Waals surface area contributed by atoms with Crippen molar-refractivity contribution in [2.45, 2.75) is 39.0 Å². The van der Waals surface area contributed by atoms with E-state index in [0.29, 0.717) is 24.7 Å². The molecule has 2 aliphatic rings. The van der Waals surface area contributed by atoms with Gasteiger partial charge < -0.3 is 16.0 Å². The molecule has 1 aromatic carbocycles. The summed E-state index contributed by atoms with van der Waals surface area (Å²) in [5.74, 6) is 1.19. The van der Waals surface area contributed by atoms with E-state index in [-0.39, 0.29) is 24.2 Å². The molecule has 1 fully saturated rings. The van der Waals surface area contributed by atoms with Gasteiger partial charge in [-0.3, -0.25) is 9.59 Å². The summed E-state index contributed by atoms with van der Waals surface area (Å²) in [5, 5.41) is 9.23. The lowest BCUT2D eigenvalue weighted by atomic mass is 9.84. The van der Waals surface area contributed by atoms with Crippen LogP contribution in [0.4, 0.5) is 11.4 Å². The molecule has 3 rings (SSSR count). The Bertz CT molecular complexity index is 600. The lowest BCUT2D eigenvalue weighted by Crippen LogP contribution is -2.32. The van der Waals surface area contributed by atoms with Crippen molar-refractivity contribution < 1.29 is 9.59 Å². The summed E-state index contributed by atoms with van der Waals surface area (Å²) in [6, 6.07) is 5.71. The molecule has 3 N–H and O–H groups in total. The van der Waals surface area contributed by atoms with Crippen LogP contribution in [0.25, 0.3) is 0 Å². The monoisotopic (exact) mass is 351 g/mol. The van der Waals surface area contributed by atoms with Gasteiger partial charge in [-0.2, -0.15) is 0 Å². The third kappa shape index (κ3) is 4.71. The van der Waals surface area contributed by atoms with Gasteiger partial charge in [-0.05, 0) is 68.0 Å². The van der Waals surface area contributed by atoms with Crippen molar-refractivity contribution in [2.24, 2.45) is 11.8 Å². The maximum absolute atomic E-state index is 12.3. The highest BCUT2D eigenvalue weighted by atomic mass is 35.5. The van der Waals surface area contributed by atoms with Crippen LogP contribution in [0.2, 0.25) is 0 Å². The molecule has 24 heavy (non-hydrogen) atoms. The van der Waals surface area contributed by atoms with Gasteiger partial charge in [0.15, 0.2) is 0 Å². The third-order valence-corrected chi connectivity index (χ3v) is 4.98. The fourth-order valence-electron chi connectivity index (χ4n) is 3.55. The molecule has 0 aliphatic carbocycles. The molecule has 0 radical (unpaired) electrons. The van der Waals surface area contributed by atoms with Gasteiger partial charge in [0.2, 0.25) is 11.8 Å². The van der Waals surface area contributed by atoms with Crippen LogP contribution in [0.15, 0.2) is 18.2 Å². The van der Waals surface area contributed by atoms with Crippen molar-refractivity contribution in [2.75, 3.05) is 23.7 Å². The SMILES string of the molecule is CC(CC(=O)Nc1ccc2c(c1)CCC(=O)N2)C1CCNCC1.Cl. The number of amides is 2. The molecule has 132 valence electrons. The second-order valence-corrected chi connectivity index (χ2v) is 6.74. The first-order valence-electron chi connectivity index (χ1n) is 8.55. The average Bonchev–Trinajstić information content (AvgIpc) is 2.55. The van der Waals surface area contributed by atoms with Gasteiger partial charge in [-0.15, -0.1) is 12.4 Å². The van der Waals surface area contributed by atoms with Crippen LogP contribution < -0.4 is 16.0 Å². The number of rotatable bonds is 4. The molecule has 2 amide bonds. The number of carbonyl (C=O) groups excluding carboxylic acids is 2. The Morgan fingerprint density at radius 2 is 2.04 bits per heavy atom. The number of carbonyl (C=O) groups is 2. The zero-order chi connectivity index (χ0) is 16.2. The quantitative estimate of drug-likeness (QED) is 0.781. The number of halogens is 1. The maximum Gasteiger partial charge on any atom is 0.224 e. The largest absolute Gasteiger partial charge is 0.326 e. The van der Waals surface area contributed by atoms with E-state index >= 15 is 0 Å². The number of anilines is 2. The van der Waals surface area contributed by atoms with Crippen molar-refractivity contribution in [3.63, 3.8) is 0 Å². The molecule has 0 saturated carbocycles. The second-order valence-electron chi connectivity index (χ2n) is 6.74. The normalized spacial score (nSPS) is 18.8. The van der Waals surface area contributed by atoms with Crippen molar-refractivity contribution >= 4 is 35.6 Å². The molecular formula is C18H26ClN3O2. The number of hydrogen-bond donors (Lipinski definition) is 3. The van der Waals surface area contributed by atoms with E-state index in [0.717, 1.165) is 49.3 Å². The number of nitrogens with one attached hydrogen (secondary N) is 3. The van der Waals surface area contributed by atoms with Crippen LogP contribution in [0.1, 0.15) is 38.2 Å². The van der Waals surface area contributed by atoms with Crippen molar-refractivity contribution in [3.8, 4) is 0 Å². The highest BCUT2D eigenvalue weighted by molar-refractivity contribution is 5.95. The summed E-state index contributed by atoms with van der Waals surface area (Å²) in [6.45, 7) is 4.30. The minimum absolute atomic E-state index is 0. The van der Waals surface area contributed by atoms with Crippen molar-refractivity contribution in [1.29, 1.82) is 0 Å². The lowest BCUT2D eigenvalue weighted by Gasteiger charge is -2.28. The van der Waals surface area contributed by atoms with Gasteiger partial charge in [-0.1, -0.05) is 6.92 Å². The molecule has 0 spiro atoms. The zero-order valence-corrected chi connectivity index (χ0v) is 14.9. The van der Waals surface area contributed by atoms with Gasteiger partial charge >= 0.3 is 0 Å². The smallest absolute Gasteiger partial charge is 0.224 e. The molecule has 1 atom stereocenters. The number of hydrogen-bond acceptors (Lipinski definition) is 3. The highest BCUT2D eigenvalue weighted by Gasteiger charge is 2.22.